The van der Waals surface area contributed by atoms with E-state index in [4.69, 9.17) is 0 Å². The van der Waals surface area contributed by atoms with Gasteiger partial charge >= 0.3 is 5.69 Å². The van der Waals surface area contributed by atoms with Gasteiger partial charge in [0.25, 0.3) is 0 Å². The maximum Gasteiger partial charge on any atom is 0.347 e. The van der Waals surface area contributed by atoms with Crippen molar-refractivity contribution in [2.45, 2.75) is 6.92 Å². The first-order valence-electron chi connectivity index (χ1n) is 5.26. The summed E-state index contributed by atoms with van der Waals surface area (Å²) in [6, 6.07) is 9.63. The first kappa shape index (κ1) is 9.77. The number of imidazole rings is 1. The summed E-state index contributed by atoms with van der Waals surface area (Å²) in [5.74, 6) is 0.740. The third kappa shape index (κ3) is 1.61. The zero-order valence-electron chi connectivity index (χ0n) is 9.19. The molecular formula is C12H10N4O. The molecule has 0 aliphatic rings. The fourth-order valence-corrected chi connectivity index (χ4v) is 1.85. The van der Waals surface area contributed by atoms with Gasteiger partial charge in [-0.1, -0.05) is 30.3 Å². The average molecular weight is 226 g/mol. The van der Waals surface area contributed by atoms with E-state index in [9.17, 15) is 4.79 Å². The molecule has 0 amide bonds. The maximum atomic E-state index is 11.5. The Kier molecular flexibility index (Phi) is 2.04. The molecule has 0 bridgehead atoms. The minimum absolute atomic E-state index is 0.386. The molecule has 0 aliphatic carbocycles. The Hall–Kier alpha value is -2.43. The molecule has 5 heteroatoms. The van der Waals surface area contributed by atoms with Gasteiger partial charge in [0.1, 0.15) is 11.3 Å². The summed E-state index contributed by atoms with van der Waals surface area (Å²) in [6.07, 6.45) is 0. The number of aromatic nitrogens is 4. The van der Waals surface area contributed by atoms with Gasteiger partial charge in [-0.3, -0.25) is 0 Å². The van der Waals surface area contributed by atoms with Crippen LogP contribution < -0.4 is 5.69 Å². The van der Waals surface area contributed by atoms with Crippen LogP contribution >= 0.6 is 0 Å². The summed E-state index contributed by atoms with van der Waals surface area (Å²) in [6.45, 7) is 1.83. The third-order valence-electron chi connectivity index (χ3n) is 2.55. The van der Waals surface area contributed by atoms with E-state index in [0.29, 0.717) is 5.65 Å². The molecule has 3 rings (SSSR count). The second kappa shape index (κ2) is 3.55. The van der Waals surface area contributed by atoms with E-state index in [0.717, 1.165) is 22.6 Å². The molecule has 2 heterocycles. The number of nitrogens with zero attached hydrogens (tertiary/aromatic N) is 2. The molecule has 0 spiro atoms. The van der Waals surface area contributed by atoms with Crippen molar-refractivity contribution in [3.05, 3.63) is 46.6 Å². The van der Waals surface area contributed by atoms with E-state index in [-0.39, 0.29) is 5.69 Å². The lowest BCUT2D eigenvalue weighted by atomic mass is 10.1. The van der Waals surface area contributed by atoms with Gasteiger partial charge in [0.2, 0.25) is 0 Å². The predicted octanol–water partition coefficient (Wildman–Crippen LogP) is 1.62. The maximum absolute atomic E-state index is 11.5. The van der Waals surface area contributed by atoms with Gasteiger partial charge < -0.3 is 9.97 Å². The Morgan fingerprint density at radius 3 is 2.59 bits per heavy atom. The number of nitrogens with one attached hydrogen (secondary N) is 2. The molecule has 0 saturated carbocycles. The molecule has 17 heavy (non-hydrogen) atoms. The quantitative estimate of drug-likeness (QED) is 0.662. The number of aromatic amines is 2. The molecule has 0 unspecified atom stereocenters. The molecule has 0 aliphatic heterocycles. The van der Waals surface area contributed by atoms with E-state index in [1.807, 2.05) is 37.3 Å². The largest absolute Gasteiger partial charge is 0.347 e. The number of aryl methyl sites for hydroxylation is 1. The molecule has 1 aromatic carbocycles. The van der Waals surface area contributed by atoms with Crippen molar-refractivity contribution in [2.75, 3.05) is 0 Å². The normalized spacial score (nSPS) is 10.9. The van der Waals surface area contributed by atoms with E-state index in [1.165, 1.54) is 0 Å². The topological polar surface area (TPSA) is 74.4 Å². The van der Waals surface area contributed by atoms with Gasteiger partial charge in [0.05, 0.1) is 5.69 Å². The monoisotopic (exact) mass is 226 g/mol. The summed E-state index contributed by atoms with van der Waals surface area (Å²) in [5, 5.41) is 0. The van der Waals surface area contributed by atoms with Crippen molar-refractivity contribution in [3.8, 4) is 11.3 Å². The first-order valence-corrected chi connectivity index (χ1v) is 5.26. The van der Waals surface area contributed by atoms with Crippen molar-refractivity contribution < 1.29 is 0 Å². The van der Waals surface area contributed by atoms with Crippen LogP contribution in [0.15, 0.2) is 35.1 Å². The zero-order chi connectivity index (χ0) is 11.8. The Morgan fingerprint density at radius 1 is 1.06 bits per heavy atom. The number of H-pyrrole nitrogens is 2. The van der Waals surface area contributed by atoms with Crippen LogP contribution in [0, 0.1) is 6.92 Å². The van der Waals surface area contributed by atoms with Crippen molar-refractivity contribution in [1.82, 2.24) is 19.9 Å². The molecule has 2 N–H and O–H groups in total. The second-order valence-corrected chi connectivity index (χ2v) is 3.80. The molecule has 0 atom stereocenters. The van der Waals surface area contributed by atoms with Crippen molar-refractivity contribution in [1.29, 1.82) is 0 Å². The number of benzene rings is 1. The van der Waals surface area contributed by atoms with Crippen LogP contribution in [0.5, 0.6) is 0 Å². The van der Waals surface area contributed by atoms with E-state index in [2.05, 4.69) is 19.9 Å². The Morgan fingerprint density at radius 2 is 1.82 bits per heavy atom. The van der Waals surface area contributed by atoms with Gasteiger partial charge in [-0.2, -0.15) is 4.98 Å². The summed E-state index contributed by atoms with van der Waals surface area (Å²) in [4.78, 5) is 25.3. The van der Waals surface area contributed by atoms with E-state index in [1.54, 1.807) is 0 Å². The highest BCUT2D eigenvalue weighted by atomic mass is 16.1. The lowest BCUT2D eigenvalue weighted by Crippen LogP contribution is -2.11. The van der Waals surface area contributed by atoms with Gasteiger partial charge in [-0.15, -0.1) is 0 Å². The highest BCUT2D eigenvalue weighted by Crippen LogP contribution is 2.21. The van der Waals surface area contributed by atoms with Crippen LogP contribution in [0.2, 0.25) is 0 Å². The van der Waals surface area contributed by atoms with Gasteiger partial charge in [-0.05, 0) is 6.92 Å². The molecule has 3 aromatic rings. The van der Waals surface area contributed by atoms with E-state index < -0.39 is 0 Å². The fourth-order valence-electron chi connectivity index (χ4n) is 1.85. The Labute approximate surface area is 96.6 Å². The SMILES string of the molecule is Cc1nc2nc(=O)[nH]c(-c3ccccc3)c2[nH]1. The molecule has 0 fully saturated rings. The highest BCUT2D eigenvalue weighted by Gasteiger charge is 2.09. The highest BCUT2D eigenvalue weighted by molar-refractivity contribution is 5.86. The predicted molar refractivity (Wildman–Crippen MR) is 64.7 cm³/mol. The van der Waals surface area contributed by atoms with Crippen LogP contribution in [-0.2, 0) is 0 Å². The zero-order valence-corrected chi connectivity index (χ0v) is 9.19. The lowest BCUT2D eigenvalue weighted by molar-refractivity contribution is 1.10. The summed E-state index contributed by atoms with van der Waals surface area (Å²) in [5.41, 5.74) is 2.48. The molecular weight excluding hydrogens is 216 g/mol. The molecule has 0 radical (unpaired) electrons. The summed E-state index contributed by atoms with van der Waals surface area (Å²) in [7, 11) is 0. The van der Waals surface area contributed by atoms with Gasteiger partial charge in [-0.25, -0.2) is 9.78 Å². The second-order valence-electron chi connectivity index (χ2n) is 3.80. The van der Waals surface area contributed by atoms with Crippen molar-refractivity contribution in [3.63, 3.8) is 0 Å². The molecule has 5 nitrogen and oxygen atoms in total. The number of fused-ring (bicyclic) bond motifs is 1. The number of rotatable bonds is 1. The minimum atomic E-state index is -0.386. The van der Waals surface area contributed by atoms with Crippen molar-refractivity contribution in [2.24, 2.45) is 0 Å². The third-order valence-corrected chi connectivity index (χ3v) is 2.55. The van der Waals surface area contributed by atoms with E-state index >= 15 is 0 Å². The molecule has 84 valence electrons. The minimum Gasteiger partial charge on any atom is -0.339 e. The van der Waals surface area contributed by atoms with Crippen LogP contribution in [0.1, 0.15) is 5.82 Å². The van der Waals surface area contributed by atoms with Gasteiger partial charge in [0.15, 0.2) is 5.65 Å². The molecule has 2 aromatic heterocycles. The summed E-state index contributed by atoms with van der Waals surface area (Å²) >= 11 is 0. The number of hydrogen-bond acceptors (Lipinski definition) is 3. The van der Waals surface area contributed by atoms with Crippen molar-refractivity contribution >= 4 is 11.2 Å². The number of hydrogen-bond donors (Lipinski definition) is 2. The Balaban J connectivity index is 2.39. The standard InChI is InChI=1S/C12H10N4O/c1-7-13-10-9(8-5-3-2-4-6-8)15-12(17)16-11(10)14-7/h2-6H,1H3,(H2,13,14,15,16,17). The van der Waals surface area contributed by atoms with Crippen LogP contribution in [-0.4, -0.2) is 19.9 Å². The average Bonchev–Trinajstić information content (AvgIpc) is 2.69. The van der Waals surface area contributed by atoms with Crippen LogP contribution in [0.4, 0.5) is 0 Å². The van der Waals surface area contributed by atoms with Crippen LogP contribution in [0.3, 0.4) is 0 Å². The van der Waals surface area contributed by atoms with Crippen LogP contribution in [0.25, 0.3) is 22.4 Å². The lowest BCUT2D eigenvalue weighted by Gasteiger charge is -2.01. The molecule has 0 saturated heterocycles. The first-order chi connectivity index (χ1) is 8.24. The fraction of sp³-hybridized carbons (Fsp3) is 0.0833. The summed E-state index contributed by atoms with van der Waals surface area (Å²) < 4.78 is 0. The van der Waals surface area contributed by atoms with Gasteiger partial charge in [0, 0.05) is 5.56 Å². The Bertz CT molecular complexity index is 727. The smallest absolute Gasteiger partial charge is 0.339 e.